The van der Waals surface area contributed by atoms with E-state index in [2.05, 4.69) is 10.9 Å². The maximum atomic E-state index is 12.6. The maximum Gasteiger partial charge on any atom is 0.269 e. The fraction of sp³-hybridized carbons (Fsp3) is 0.625. The van der Waals surface area contributed by atoms with Crippen molar-refractivity contribution in [2.75, 3.05) is 6.54 Å². The van der Waals surface area contributed by atoms with Gasteiger partial charge in [-0.15, -0.1) is 0 Å². The van der Waals surface area contributed by atoms with Crippen molar-refractivity contribution in [2.24, 2.45) is 23.2 Å². The molecule has 3 amide bonds. The van der Waals surface area contributed by atoms with Crippen LogP contribution in [-0.2, 0) is 16.1 Å². The van der Waals surface area contributed by atoms with Crippen LogP contribution in [0.1, 0.15) is 73.7 Å². The third kappa shape index (κ3) is 3.96. The van der Waals surface area contributed by atoms with Gasteiger partial charge in [0.25, 0.3) is 5.91 Å². The van der Waals surface area contributed by atoms with Gasteiger partial charge in [0.1, 0.15) is 0 Å². The van der Waals surface area contributed by atoms with Crippen LogP contribution in [-0.4, -0.2) is 29.2 Å². The Balaban J connectivity index is 1.15. The molecule has 5 aliphatic rings. The van der Waals surface area contributed by atoms with Crippen molar-refractivity contribution in [3.63, 3.8) is 0 Å². The number of rotatable bonds is 5. The quantitative estimate of drug-likeness (QED) is 0.733. The predicted octanol–water partition coefficient (Wildman–Crippen LogP) is 3.18. The first kappa shape index (κ1) is 19.6. The van der Waals surface area contributed by atoms with Crippen LogP contribution in [0.15, 0.2) is 24.3 Å². The Bertz CT molecular complexity index is 830. The first-order chi connectivity index (χ1) is 14.5. The van der Waals surface area contributed by atoms with E-state index in [0.717, 1.165) is 36.3 Å². The van der Waals surface area contributed by atoms with Gasteiger partial charge in [-0.3, -0.25) is 25.2 Å². The molecule has 0 atom stereocenters. The van der Waals surface area contributed by atoms with Crippen LogP contribution in [0.5, 0.6) is 0 Å². The van der Waals surface area contributed by atoms with Crippen molar-refractivity contribution in [1.29, 1.82) is 0 Å². The van der Waals surface area contributed by atoms with Crippen molar-refractivity contribution in [3.05, 3.63) is 35.4 Å². The second kappa shape index (κ2) is 7.71. The van der Waals surface area contributed by atoms with Crippen LogP contribution in [0.25, 0.3) is 0 Å². The van der Waals surface area contributed by atoms with E-state index in [1.165, 1.54) is 38.5 Å². The molecule has 6 rings (SSSR count). The number of likely N-dealkylation sites (tertiary alicyclic amines) is 1. The van der Waals surface area contributed by atoms with E-state index in [0.29, 0.717) is 24.9 Å². The second-order valence-electron chi connectivity index (χ2n) is 10.2. The SMILES string of the molecule is O=C(CC12CC3CC(CC(C3)C1)C2)NNC(=O)c1cccc(CN2CCCC2=O)c1. The van der Waals surface area contributed by atoms with Crippen LogP contribution < -0.4 is 10.9 Å². The number of carbonyl (C=O) groups is 3. The molecule has 0 spiro atoms. The molecule has 0 unspecified atom stereocenters. The van der Waals surface area contributed by atoms with E-state index < -0.39 is 0 Å². The molecule has 2 N–H and O–H groups in total. The third-order valence-electron chi connectivity index (χ3n) is 7.75. The first-order valence-electron chi connectivity index (χ1n) is 11.4. The summed E-state index contributed by atoms with van der Waals surface area (Å²) in [5.74, 6) is 2.20. The molecule has 0 radical (unpaired) electrons. The number of amides is 3. The van der Waals surface area contributed by atoms with E-state index in [4.69, 9.17) is 0 Å². The number of nitrogens with zero attached hydrogens (tertiary/aromatic N) is 1. The summed E-state index contributed by atoms with van der Waals surface area (Å²) in [7, 11) is 0. The molecule has 1 aliphatic heterocycles. The summed E-state index contributed by atoms with van der Waals surface area (Å²) >= 11 is 0. The van der Waals surface area contributed by atoms with Gasteiger partial charge in [-0.1, -0.05) is 12.1 Å². The number of hydrogen-bond donors (Lipinski definition) is 2. The number of carbonyl (C=O) groups excluding carboxylic acids is 3. The van der Waals surface area contributed by atoms with Crippen LogP contribution in [0, 0.1) is 23.2 Å². The summed E-state index contributed by atoms with van der Waals surface area (Å²) < 4.78 is 0. The van der Waals surface area contributed by atoms with Gasteiger partial charge in [-0.05, 0) is 85.8 Å². The van der Waals surface area contributed by atoms with E-state index in [1.54, 1.807) is 12.1 Å². The first-order valence-corrected chi connectivity index (χ1v) is 11.4. The van der Waals surface area contributed by atoms with Gasteiger partial charge in [-0.2, -0.15) is 0 Å². The topological polar surface area (TPSA) is 78.5 Å². The van der Waals surface area contributed by atoms with Gasteiger partial charge in [0.15, 0.2) is 0 Å². The van der Waals surface area contributed by atoms with E-state index >= 15 is 0 Å². The van der Waals surface area contributed by atoms with Crippen molar-refractivity contribution in [2.45, 2.75) is 64.3 Å². The monoisotopic (exact) mass is 409 g/mol. The van der Waals surface area contributed by atoms with Crippen LogP contribution >= 0.6 is 0 Å². The zero-order valence-corrected chi connectivity index (χ0v) is 17.5. The van der Waals surface area contributed by atoms with E-state index in [1.807, 2.05) is 17.0 Å². The lowest BCUT2D eigenvalue weighted by Crippen LogP contribution is -2.50. The number of hydrogen-bond acceptors (Lipinski definition) is 3. The highest BCUT2D eigenvalue weighted by atomic mass is 16.2. The minimum Gasteiger partial charge on any atom is -0.338 e. The highest BCUT2D eigenvalue weighted by molar-refractivity contribution is 5.95. The Hall–Kier alpha value is -2.37. The predicted molar refractivity (Wildman–Crippen MR) is 112 cm³/mol. The van der Waals surface area contributed by atoms with Crippen LogP contribution in [0.2, 0.25) is 0 Å². The average Bonchev–Trinajstić information content (AvgIpc) is 3.09. The van der Waals surface area contributed by atoms with Crippen molar-refractivity contribution >= 4 is 17.7 Å². The summed E-state index contributed by atoms with van der Waals surface area (Å²) in [4.78, 5) is 38.8. The van der Waals surface area contributed by atoms with Gasteiger partial charge in [-0.25, -0.2) is 0 Å². The van der Waals surface area contributed by atoms with E-state index in [-0.39, 0.29) is 23.1 Å². The fourth-order valence-corrected chi connectivity index (χ4v) is 6.99. The smallest absolute Gasteiger partial charge is 0.269 e. The Morgan fingerprint density at radius 1 is 1.03 bits per heavy atom. The van der Waals surface area contributed by atoms with Crippen LogP contribution in [0.4, 0.5) is 0 Å². The Kier molecular flexibility index (Phi) is 5.03. The number of hydrazine groups is 1. The lowest BCUT2D eigenvalue weighted by molar-refractivity contribution is -0.130. The number of nitrogens with one attached hydrogen (secondary N) is 2. The summed E-state index contributed by atoms with van der Waals surface area (Å²) in [6.45, 7) is 1.30. The molecule has 1 aromatic rings. The van der Waals surface area contributed by atoms with Gasteiger partial charge in [0.05, 0.1) is 0 Å². The third-order valence-corrected chi connectivity index (χ3v) is 7.75. The zero-order chi connectivity index (χ0) is 20.7. The molecule has 5 fully saturated rings. The lowest BCUT2D eigenvalue weighted by atomic mass is 9.49. The molecule has 4 bridgehead atoms. The minimum atomic E-state index is -0.316. The molecule has 0 aromatic heterocycles. The molecule has 4 saturated carbocycles. The standard InChI is InChI=1S/C24H31N3O3/c28-21(14-24-11-17-7-18(12-24)9-19(8-17)13-24)25-26-23(30)20-4-1-3-16(10-20)15-27-6-2-5-22(27)29/h1,3-4,10,17-19H,2,5-9,11-15H2,(H,25,28)(H,26,30). The van der Waals surface area contributed by atoms with Crippen molar-refractivity contribution in [3.8, 4) is 0 Å². The minimum absolute atomic E-state index is 0.0795. The van der Waals surface area contributed by atoms with Crippen LogP contribution in [0.3, 0.4) is 0 Å². The molecule has 30 heavy (non-hydrogen) atoms. The molecule has 160 valence electrons. The summed E-state index contributed by atoms with van der Waals surface area (Å²) in [6.07, 6.45) is 9.64. The molecule has 4 aliphatic carbocycles. The molecule has 6 nitrogen and oxygen atoms in total. The van der Waals surface area contributed by atoms with Gasteiger partial charge in [0, 0.05) is 31.5 Å². The van der Waals surface area contributed by atoms with Crippen molar-refractivity contribution < 1.29 is 14.4 Å². The lowest BCUT2D eigenvalue weighted by Gasteiger charge is -2.56. The van der Waals surface area contributed by atoms with Gasteiger partial charge < -0.3 is 4.90 Å². The Morgan fingerprint density at radius 3 is 2.37 bits per heavy atom. The summed E-state index contributed by atoms with van der Waals surface area (Å²) in [5, 5.41) is 0. The average molecular weight is 410 g/mol. The zero-order valence-electron chi connectivity index (χ0n) is 17.5. The molecular weight excluding hydrogens is 378 g/mol. The van der Waals surface area contributed by atoms with Gasteiger partial charge >= 0.3 is 0 Å². The molecule has 6 heteroatoms. The highest BCUT2D eigenvalue weighted by Gasteiger charge is 2.51. The summed E-state index contributed by atoms with van der Waals surface area (Å²) in [5.41, 5.74) is 6.83. The maximum absolute atomic E-state index is 12.6. The molecule has 1 heterocycles. The number of benzene rings is 1. The molecule has 1 saturated heterocycles. The van der Waals surface area contributed by atoms with E-state index in [9.17, 15) is 14.4 Å². The van der Waals surface area contributed by atoms with Crippen molar-refractivity contribution in [1.82, 2.24) is 15.8 Å². The molecular formula is C24H31N3O3. The summed E-state index contributed by atoms with van der Waals surface area (Å²) in [6, 6.07) is 7.28. The van der Waals surface area contributed by atoms with Gasteiger partial charge in [0.2, 0.25) is 11.8 Å². The Labute approximate surface area is 177 Å². The highest BCUT2D eigenvalue weighted by Crippen LogP contribution is 2.61. The largest absolute Gasteiger partial charge is 0.338 e. The second-order valence-corrected chi connectivity index (χ2v) is 10.2. The molecule has 1 aromatic carbocycles. The normalized spacial score (nSPS) is 31.8. The Morgan fingerprint density at radius 2 is 1.73 bits per heavy atom. The fourth-order valence-electron chi connectivity index (χ4n) is 6.99.